The number of primary amides is 1. The Hall–Kier alpha value is -1.36. The Bertz CT molecular complexity index is 458. The number of amides is 2. The van der Waals surface area contributed by atoms with Crippen LogP contribution < -0.4 is 5.73 Å². The van der Waals surface area contributed by atoms with Crippen LogP contribution in [-0.4, -0.2) is 29.3 Å². The van der Waals surface area contributed by atoms with Crippen molar-refractivity contribution in [3.63, 3.8) is 0 Å². The fourth-order valence-electron chi connectivity index (χ4n) is 2.70. The van der Waals surface area contributed by atoms with Crippen molar-refractivity contribution in [1.82, 2.24) is 4.90 Å². The zero-order valence-electron chi connectivity index (χ0n) is 11.9. The lowest BCUT2D eigenvalue weighted by atomic mass is 9.92. The second-order valence-electron chi connectivity index (χ2n) is 5.50. The van der Waals surface area contributed by atoms with Gasteiger partial charge in [0.05, 0.1) is 5.92 Å². The maximum Gasteiger partial charge on any atom is 0.222 e. The summed E-state index contributed by atoms with van der Waals surface area (Å²) in [6.45, 7) is 2.54. The van der Waals surface area contributed by atoms with Crippen LogP contribution in [0.2, 0.25) is 0 Å². The molecule has 1 aliphatic rings. The fourth-order valence-corrected chi connectivity index (χ4v) is 3.45. The van der Waals surface area contributed by atoms with E-state index in [9.17, 15) is 9.59 Å². The number of hydrogen-bond donors (Lipinski definition) is 1. The van der Waals surface area contributed by atoms with Gasteiger partial charge >= 0.3 is 0 Å². The Morgan fingerprint density at radius 3 is 2.90 bits per heavy atom. The number of aryl methyl sites for hydroxylation is 1. The Morgan fingerprint density at radius 2 is 2.25 bits per heavy atom. The number of nitrogens with two attached hydrogens (primary N) is 1. The number of rotatable bonds is 5. The maximum absolute atomic E-state index is 12.3. The molecule has 2 heterocycles. The van der Waals surface area contributed by atoms with Gasteiger partial charge in [0.25, 0.3) is 0 Å². The predicted molar refractivity (Wildman–Crippen MR) is 80.4 cm³/mol. The number of carbonyl (C=O) groups is 2. The van der Waals surface area contributed by atoms with Gasteiger partial charge in [0, 0.05) is 23.9 Å². The van der Waals surface area contributed by atoms with Crippen molar-refractivity contribution in [2.24, 2.45) is 11.7 Å². The number of carbonyl (C=O) groups excluding carboxylic acids is 2. The molecule has 2 rings (SSSR count). The Balaban J connectivity index is 1.82. The molecule has 2 amide bonds. The van der Waals surface area contributed by atoms with E-state index in [0.29, 0.717) is 13.0 Å². The predicted octanol–water partition coefficient (Wildman–Crippen LogP) is 2.18. The highest BCUT2D eigenvalue weighted by molar-refractivity contribution is 7.09. The third kappa shape index (κ3) is 3.82. The Labute approximate surface area is 124 Å². The molecule has 0 unspecified atom stereocenters. The lowest BCUT2D eigenvalue weighted by Gasteiger charge is -2.37. The first-order valence-corrected chi connectivity index (χ1v) is 8.07. The number of likely N-dealkylation sites (tertiary alicyclic amines) is 1. The monoisotopic (exact) mass is 294 g/mol. The first-order chi connectivity index (χ1) is 9.58. The minimum atomic E-state index is -0.284. The van der Waals surface area contributed by atoms with Crippen molar-refractivity contribution in [2.45, 2.75) is 45.1 Å². The van der Waals surface area contributed by atoms with Gasteiger partial charge in [0.15, 0.2) is 0 Å². The van der Waals surface area contributed by atoms with Crippen LogP contribution >= 0.6 is 11.3 Å². The van der Waals surface area contributed by atoms with Crippen LogP contribution in [0.5, 0.6) is 0 Å². The van der Waals surface area contributed by atoms with E-state index in [4.69, 9.17) is 5.73 Å². The summed E-state index contributed by atoms with van der Waals surface area (Å²) < 4.78 is 0. The van der Waals surface area contributed by atoms with Crippen LogP contribution in [0.3, 0.4) is 0 Å². The smallest absolute Gasteiger partial charge is 0.222 e. The van der Waals surface area contributed by atoms with Gasteiger partial charge in [-0.25, -0.2) is 0 Å². The third-order valence-electron chi connectivity index (χ3n) is 4.00. The molecule has 1 aliphatic heterocycles. The van der Waals surface area contributed by atoms with Gasteiger partial charge in [0.1, 0.15) is 0 Å². The van der Waals surface area contributed by atoms with Crippen LogP contribution in [0.1, 0.15) is 37.5 Å². The molecule has 2 atom stereocenters. The van der Waals surface area contributed by atoms with E-state index >= 15 is 0 Å². The van der Waals surface area contributed by atoms with Gasteiger partial charge in [-0.05, 0) is 44.1 Å². The maximum atomic E-state index is 12.3. The topological polar surface area (TPSA) is 63.4 Å². The van der Waals surface area contributed by atoms with Crippen molar-refractivity contribution in [3.05, 3.63) is 22.4 Å². The summed E-state index contributed by atoms with van der Waals surface area (Å²) >= 11 is 1.73. The number of piperidine rings is 1. The second-order valence-corrected chi connectivity index (χ2v) is 6.54. The van der Waals surface area contributed by atoms with Crippen molar-refractivity contribution >= 4 is 23.2 Å². The number of hydrogen-bond acceptors (Lipinski definition) is 3. The van der Waals surface area contributed by atoms with E-state index in [2.05, 4.69) is 11.4 Å². The molecule has 0 bridgehead atoms. The summed E-state index contributed by atoms with van der Waals surface area (Å²) in [7, 11) is 0. The van der Waals surface area contributed by atoms with Gasteiger partial charge < -0.3 is 10.6 Å². The van der Waals surface area contributed by atoms with Gasteiger partial charge in [-0.15, -0.1) is 11.3 Å². The molecule has 110 valence electrons. The van der Waals surface area contributed by atoms with E-state index in [1.165, 1.54) is 4.88 Å². The summed E-state index contributed by atoms with van der Waals surface area (Å²) in [6, 6.07) is 4.35. The molecule has 0 aromatic carbocycles. The SMILES string of the molecule is C[C@H]1CC[C@@H](C(N)=O)CN1C(=O)CCCc1cccs1. The van der Waals surface area contributed by atoms with Gasteiger partial charge in [-0.1, -0.05) is 6.07 Å². The molecule has 0 aliphatic carbocycles. The summed E-state index contributed by atoms with van der Waals surface area (Å²) in [5.41, 5.74) is 5.36. The van der Waals surface area contributed by atoms with Crippen LogP contribution in [0.15, 0.2) is 17.5 Å². The first-order valence-electron chi connectivity index (χ1n) is 7.19. The average molecular weight is 294 g/mol. The highest BCUT2D eigenvalue weighted by atomic mass is 32.1. The zero-order chi connectivity index (χ0) is 14.5. The van der Waals surface area contributed by atoms with Crippen LogP contribution in [0.25, 0.3) is 0 Å². The third-order valence-corrected chi connectivity index (χ3v) is 4.93. The molecular formula is C15H22N2O2S. The van der Waals surface area contributed by atoms with Gasteiger partial charge in [-0.2, -0.15) is 0 Å². The normalized spacial score (nSPS) is 22.8. The van der Waals surface area contributed by atoms with Crippen LogP contribution in [0, 0.1) is 5.92 Å². The van der Waals surface area contributed by atoms with Gasteiger partial charge in [0.2, 0.25) is 11.8 Å². The Morgan fingerprint density at radius 1 is 1.45 bits per heavy atom. The number of thiophene rings is 1. The summed E-state index contributed by atoms with van der Waals surface area (Å²) in [4.78, 5) is 26.7. The van der Waals surface area contributed by atoms with Crippen LogP contribution in [0.4, 0.5) is 0 Å². The van der Waals surface area contributed by atoms with Crippen LogP contribution in [-0.2, 0) is 16.0 Å². The van der Waals surface area contributed by atoms with Gasteiger partial charge in [-0.3, -0.25) is 9.59 Å². The highest BCUT2D eigenvalue weighted by Gasteiger charge is 2.31. The molecule has 20 heavy (non-hydrogen) atoms. The molecular weight excluding hydrogens is 272 g/mol. The molecule has 2 N–H and O–H groups in total. The molecule has 1 aromatic rings. The Kier molecular flexibility index (Phi) is 5.17. The van der Waals surface area contributed by atoms with E-state index < -0.39 is 0 Å². The average Bonchev–Trinajstić information content (AvgIpc) is 2.92. The summed E-state index contributed by atoms with van der Waals surface area (Å²) in [6.07, 6.45) is 4.03. The standard InChI is InChI=1S/C15H22N2O2S/c1-11-7-8-12(15(16)19)10-17(11)14(18)6-2-4-13-5-3-9-20-13/h3,5,9,11-12H,2,4,6-8,10H2,1H3,(H2,16,19)/t11-,12+/m0/s1. The van der Waals surface area contributed by atoms with Crippen molar-refractivity contribution in [3.8, 4) is 0 Å². The minimum absolute atomic E-state index is 0.153. The quantitative estimate of drug-likeness (QED) is 0.904. The summed E-state index contributed by atoms with van der Waals surface area (Å²) in [5.74, 6) is -0.305. The largest absolute Gasteiger partial charge is 0.369 e. The van der Waals surface area contributed by atoms with Crippen molar-refractivity contribution in [2.75, 3.05) is 6.54 Å². The van der Waals surface area contributed by atoms with E-state index in [1.54, 1.807) is 11.3 Å². The minimum Gasteiger partial charge on any atom is -0.369 e. The first kappa shape index (κ1) is 15.0. The number of nitrogens with zero attached hydrogens (tertiary/aromatic N) is 1. The van der Waals surface area contributed by atoms with E-state index in [0.717, 1.165) is 25.7 Å². The van der Waals surface area contributed by atoms with E-state index in [-0.39, 0.29) is 23.8 Å². The molecule has 1 saturated heterocycles. The molecule has 0 saturated carbocycles. The molecule has 0 radical (unpaired) electrons. The molecule has 4 nitrogen and oxygen atoms in total. The van der Waals surface area contributed by atoms with E-state index in [1.807, 2.05) is 17.9 Å². The molecule has 5 heteroatoms. The summed E-state index contributed by atoms with van der Waals surface area (Å²) in [5, 5.41) is 2.06. The fraction of sp³-hybridized carbons (Fsp3) is 0.600. The highest BCUT2D eigenvalue weighted by Crippen LogP contribution is 2.23. The molecule has 1 fully saturated rings. The van der Waals surface area contributed by atoms with Crippen molar-refractivity contribution < 1.29 is 9.59 Å². The molecule has 0 spiro atoms. The lowest BCUT2D eigenvalue weighted by Crippen LogP contribution is -2.48. The molecule has 1 aromatic heterocycles. The second kappa shape index (κ2) is 6.88. The lowest BCUT2D eigenvalue weighted by molar-refractivity contribution is -0.137. The van der Waals surface area contributed by atoms with Crippen molar-refractivity contribution in [1.29, 1.82) is 0 Å². The zero-order valence-corrected chi connectivity index (χ0v) is 12.7.